The van der Waals surface area contributed by atoms with Crippen molar-refractivity contribution in [1.82, 2.24) is 0 Å². The molecule has 1 aromatic rings. The molecule has 0 aromatic heterocycles. The molecule has 0 aliphatic rings. The van der Waals surface area contributed by atoms with Gasteiger partial charge < -0.3 is 14.0 Å². The summed E-state index contributed by atoms with van der Waals surface area (Å²) in [5.41, 5.74) is 0.483. The van der Waals surface area contributed by atoms with Gasteiger partial charge in [-0.3, -0.25) is 13.8 Å². The highest BCUT2D eigenvalue weighted by Gasteiger charge is 2.10. The summed E-state index contributed by atoms with van der Waals surface area (Å²) in [5.74, 6) is -1.01. The number of benzene rings is 1. The summed E-state index contributed by atoms with van der Waals surface area (Å²) in [5, 5.41) is 0.943. The summed E-state index contributed by atoms with van der Waals surface area (Å²) in [4.78, 5) is 21.8. The summed E-state index contributed by atoms with van der Waals surface area (Å²) in [6, 6.07) is 4.32. The Balaban J connectivity index is 3.10. The van der Waals surface area contributed by atoms with Crippen LogP contribution in [0.2, 0.25) is 0 Å². The predicted molar refractivity (Wildman–Crippen MR) is 67.0 cm³/mol. The minimum atomic E-state index is -2.32. The van der Waals surface area contributed by atoms with Gasteiger partial charge in [0, 0.05) is 13.8 Å². The van der Waals surface area contributed by atoms with Crippen molar-refractivity contribution < 1.29 is 27.8 Å². The van der Waals surface area contributed by atoms with Crippen LogP contribution in [0.5, 0.6) is 11.5 Å². The van der Waals surface area contributed by atoms with Gasteiger partial charge in [0.05, 0.1) is 0 Å². The minimum absolute atomic E-state index is 0.0431. The Labute approximate surface area is 112 Å². The number of ether oxygens (including phenoxy) is 2. The van der Waals surface area contributed by atoms with E-state index in [4.69, 9.17) is 9.47 Å². The lowest BCUT2D eigenvalue weighted by molar-refractivity contribution is -0.134. The average Bonchev–Trinajstić information content (AvgIpc) is 2.28. The Morgan fingerprint density at radius 2 is 1.74 bits per heavy atom. The molecular weight excluding hydrogens is 272 g/mol. The van der Waals surface area contributed by atoms with Gasteiger partial charge in [-0.15, -0.1) is 0 Å². The third kappa shape index (κ3) is 5.45. The first kappa shape index (κ1) is 15.1. The SMILES string of the molecule is CC(=O)Oc1ccc(/C=C/S(=O)[O-])cc1OC(C)=O. The van der Waals surface area contributed by atoms with Gasteiger partial charge in [0.2, 0.25) is 0 Å². The van der Waals surface area contributed by atoms with Crippen molar-refractivity contribution in [2.24, 2.45) is 0 Å². The molecule has 0 saturated carbocycles. The molecule has 102 valence electrons. The van der Waals surface area contributed by atoms with Gasteiger partial charge in [0.25, 0.3) is 0 Å². The molecule has 0 saturated heterocycles. The summed E-state index contributed by atoms with van der Waals surface area (Å²) < 4.78 is 30.6. The molecule has 0 amide bonds. The Hall–Kier alpha value is -1.99. The van der Waals surface area contributed by atoms with Gasteiger partial charge in [-0.05, 0) is 40.3 Å². The number of hydrogen-bond donors (Lipinski definition) is 0. The van der Waals surface area contributed by atoms with E-state index in [-0.39, 0.29) is 11.5 Å². The fourth-order valence-corrected chi connectivity index (χ4v) is 1.50. The molecule has 0 N–H and O–H groups in total. The predicted octanol–water partition coefficient (Wildman–Crippen LogP) is 1.39. The molecular formula is C12H11O6S-. The van der Waals surface area contributed by atoms with Gasteiger partial charge in [-0.2, -0.15) is 0 Å². The van der Waals surface area contributed by atoms with E-state index in [2.05, 4.69) is 0 Å². The number of rotatable bonds is 4. The van der Waals surface area contributed by atoms with E-state index in [1.54, 1.807) is 0 Å². The summed E-state index contributed by atoms with van der Waals surface area (Å²) in [6.45, 7) is 2.42. The van der Waals surface area contributed by atoms with Gasteiger partial charge in [-0.25, -0.2) is 0 Å². The van der Waals surface area contributed by atoms with Crippen LogP contribution in [0.4, 0.5) is 0 Å². The van der Waals surface area contributed by atoms with Crippen molar-refractivity contribution in [3.63, 3.8) is 0 Å². The fourth-order valence-electron chi connectivity index (χ4n) is 1.24. The van der Waals surface area contributed by atoms with Gasteiger partial charge >= 0.3 is 11.9 Å². The van der Waals surface area contributed by atoms with Gasteiger partial charge in [0.15, 0.2) is 11.5 Å². The molecule has 1 aromatic carbocycles. The second kappa shape index (κ2) is 6.81. The smallest absolute Gasteiger partial charge is 0.308 e. The molecule has 7 heteroatoms. The Morgan fingerprint density at radius 3 is 2.26 bits per heavy atom. The van der Waals surface area contributed by atoms with Crippen molar-refractivity contribution in [3.8, 4) is 11.5 Å². The maximum absolute atomic E-state index is 10.9. The number of carbonyl (C=O) groups excluding carboxylic acids is 2. The number of esters is 2. The van der Waals surface area contributed by atoms with E-state index in [1.807, 2.05) is 0 Å². The van der Waals surface area contributed by atoms with Crippen LogP contribution in [-0.4, -0.2) is 20.7 Å². The highest BCUT2D eigenvalue weighted by Crippen LogP contribution is 2.29. The third-order valence-corrected chi connectivity index (χ3v) is 2.21. The minimum Gasteiger partial charge on any atom is -0.769 e. The van der Waals surface area contributed by atoms with Crippen LogP contribution in [-0.2, 0) is 20.7 Å². The average molecular weight is 283 g/mol. The van der Waals surface area contributed by atoms with E-state index in [0.29, 0.717) is 5.56 Å². The van der Waals surface area contributed by atoms with Gasteiger partial charge in [-0.1, -0.05) is 6.07 Å². The maximum Gasteiger partial charge on any atom is 0.308 e. The summed E-state index contributed by atoms with van der Waals surface area (Å²) in [6.07, 6.45) is 1.31. The molecule has 1 atom stereocenters. The first-order valence-electron chi connectivity index (χ1n) is 5.15. The zero-order valence-electron chi connectivity index (χ0n) is 10.2. The van der Waals surface area contributed by atoms with Crippen LogP contribution >= 0.6 is 0 Å². The molecule has 0 heterocycles. The molecule has 0 spiro atoms. The number of hydrogen-bond acceptors (Lipinski definition) is 6. The van der Waals surface area contributed by atoms with E-state index in [9.17, 15) is 18.4 Å². The highest BCUT2D eigenvalue weighted by molar-refractivity contribution is 7.82. The monoisotopic (exact) mass is 283 g/mol. The zero-order valence-corrected chi connectivity index (χ0v) is 11.1. The lowest BCUT2D eigenvalue weighted by atomic mass is 10.2. The zero-order chi connectivity index (χ0) is 14.4. The number of carbonyl (C=O) groups is 2. The largest absolute Gasteiger partial charge is 0.769 e. The molecule has 1 rings (SSSR count). The van der Waals surface area contributed by atoms with Crippen molar-refractivity contribution in [2.45, 2.75) is 13.8 Å². The molecule has 0 aliphatic heterocycles. The van der Waals surface area contributed by atoms with E-state index >= 15 is 0 Å². The van der Waals surface area contributed by atoms with Crippen LogP contribution in [0.15, 0.2) is 23.6 Å². The molecule has 1 unspecified atom stereocenters. The van der Waals surface area contributed by atoms with Crippen LogP contribution in [0.25, 0.3) is 6.08 Å². The third-order valence-electron chi connectivity index (χ3n) is 1.85. The highest BCUT2D eigenvalue weighted by atomic mass is 32.2. The Bertz CT molecular complexity index is 549. The maximum atomic E-state index is 10.9. The standard InChI is InChI=1S/C12H12O6S/c1-8(13)17-11-4-3-10(5-6-19(15)16)7-12(11)18-9(2)14/h3-7H,1-2H3,(H,15,16)/p-1/b6-5+. The van der Waals surface area contributed by atoms with Crippen LogP contribution < -0.4 is 9.47 Å². The van der Waals surface area contributed by atoms with Crippen LogP contribution in [0.3, 0.4) is 0 Å². The molecule has 0 radical (unpaired) electrons. The van der Waals surface area contributed by atoms with E-state index in [0.717, 1.165) is 5.41 Å². The summed E-state index contributed by atoms with van der Waals surface area (Å²) in [7, 11) is 0. The van der Waals surface area contributed by atoms with Crippen LogP contribution in [0.1, 0.15) is 19.4 Å². The van der Waals surface area contributed by atoms with Crippen molar-refractivity contribution >= 4 is 29.1 Å². The normalized spacial score (nSPS) is 12.2. The Kier molecular flexibility index (Phi) is 5.40. The topological polar surface area (TPSA) is 92.7 Å². The first-order chi connectivity index (χ1) is 8.88. The van der Waals surface area contributed by atoms with Crippen LogP contribution in [0, 0.1) is 0 Å². The molecule has 0 bridgehead atoms. The fraction of sp³-hybridized carbons (Fsp3) is 0.167. The van der Waals surface area contributed by atoms with E-state index in [1.165, 1.54) is 38.1 Å². The molecule has 0 fully saturated rings. The van der Waals surface area contributed by atoms with Crippen molar-refractivity contribution in [1.29, 1.82) is 0 Å². The molecule has 0 aliphatic carbocycles. The Morgan fingerprint density at radius 1 is 1.16 bits per heavy atom. The lowest BCUT2D eigenvalue weighted by Gasteiger charge is -2.09. The molecule has 6 nitrogen and oxygen atoms in total. The second-order valence-corrected chi connectivity index (χ2v) is 4.25. The lowest BCUT2D eigenvalue weighted by Crippen LogP contribution is -2.07. The summed E-state index contributed by atoms with van der Waals surface area (Å²) >= 11 is -2.32. The van der Waals surface area contributed by atoms with E-state index < -0.39 is 23.0 Å². The first-order valence-corrected chi connectivity index (χ1v) is 6.29. The second-order valence-electron chi connectivity index (χ2n) is 3.46. The quantitative estimate of drug-likeness (QED) is 0.471. The van der Waals surface area contributed by atoms with Gasteiger partial charge in [0.1, 0.15) is 0 Å². The van der Waals surface area contributed by atoms with Crippen molar-refractivity contribution in [3.05, 3.63) is 29.2 Å². The van der Waals surface area contributed by atoms with Crippen molar-refractivity contribution in [2.75, 3.05) is 0 Å². The molecule has 19 heavy (non-hydrogen) atoms.